The van der Waals surface area contributed by atoms with Crippen molar-refractivity contribution in [2.75, 3.05) is 0 Å². The minimum atomic E-state index is 0.990. The second-order valence-corrected chi connectivity index (χ2v) is 11.2. The molecule has 0 N–H and O–H groups in total. The van der Waals surface area contributed by atoms with Crippen molar-refractivity contribution in [1.82, 2.24) is 9.55 Å². The Morgan fingerprint density at radius 3 is 1.88 bits per heavy atom. The monoisotopic (exact) mass is 546 g/mol. The van der Waals surface area contributed by atoms with Gasteiger partial charge in [-0.1, -0.05) is 121 Å². The fourth-order valence-corrected chi connectivity index (χ4v) is 6.80. The highest BCUT2D eigenvalue weighted by Crippen LogP contribution is 2.41. The average Bonchev–Trinajstić information content (AvgIpc) is 3.43. The molecule has 200 valence electrons. The molecule has 0 amide bonds. The second kappa shape index (κ2) is 9.40. The van der Waals surface area contributed by atoms with Crippen molar-refractivity contribution in [3.63, 3.8) is 0 Å². The number of rotatable bonds is 3. The first-order chi connectivity index (χ1) is 21.3. The van der Waals surface area contributed by atoms with Gasteiger partial charge in [0.05, 0.1) is 22.4 Å². The maximum Gasteiger partial charge on any atom is 0.0701 e. The van der Waals surface area contributed by atoms with Crippen LogP contribution in [-0.4, -0.2) is 9.55 Å². The van der Waals surface area contributed by atoms with Crippen LogP contribution in [0.1, 0.15) is 0 Å². The normalized spacial score (nSPS) is 11.7. The average molecular weight is 547 g/mol. The summed E-state index contributed by atoms with van der Waals surface area (Å²) in [6.07, 6.45) is 1.84. The zero-order chi connectivity index (χ0) is 28.3. The summed E-state index contributed by atoms with van der Waals surface area (Å²) in [6, 6.07) is 54.9. The highest BCUT2D eigenvalue weighted by molar-refractivity contribution is 6.21. The van der Waals surface area contributed by atoms with Gasteiger partial charge in [0.25, 0.3) is 0 Å². The molecule has 9 aromatic rings. The smallest absolute Gasteiger partial charge is 0.0701 e. The zero-order valence-electron chi connectivity index (χ0n) is 23.4. The molecule has 0 saturated heterocycles. The van der Waals surface area contributed by atoms with Crippen molar-refractivity contribution in [2.45, 2.75) is 0 Å². The molecule has 2 aromatic heterocycles. The molecular formula is C41H26N2. The summed E-state index contributed by atoms with van der Waals surface area (Å²) in [6.45, 7) is 0. The van der Waals surface area contributed by atoms with Crippen molar-refractivity contribution in [2.24, 2.45) is 0 Å². The van der Waals surface area contributed by atoms with Gasteiger partial charge in [0.15, 0.2) is 0 Å². The lowest BCUT2D eigenvalue weighted by Gasteiger charge is -2.15. The molecule has 2 heterocycles. The Labute approximate surface area is 249 Å². The number of aromatic nitrogens is 2. The molecule has 9 rings (SSSR count). The van der Waals surface area contributed by atoms with Crippen LogP contribution in [0.4, 0.5) is 0 Å². The summed E-state index contributed by atoms with van der Waals surface area (Å²) in [5.74, 6) is 0. The zero-order valence-corrected chi connectivity index (χ0v) is 23.4. The molecule has 0 fully saturated rings. The lowest BCUT2D eigenvalue weighted by atomic mass is 9.98. The van der Waals surface area contributed by atoms with Crippen molar-refractivity contribution in [3.05, 3.63) is 158 Å². The number of nitrogens with zero attached hydrogens (tertiary/aromatic N) is 2. The van der Waals surface area contributed by atoms with E-state index in [2.05, 4.69) is 143 Å². The first-order valence-corrected chi connectivity index (χ1v) is 14.7. The predicted molar refractivity (Wildman–Crippen MR) is 182 cm³/mol. The maximum absolute atomic E-state index is 4.51. The summed E-state index contributed by atoms with van der Waals surface area (Å²) in [5, 5.41) is 10.1. The van der Waals surface area contributed by atoms with Gasteiger partial charge in [0.2, 0.25) is 0 Å². The van der Waals surface area contributed by atoms with E-state index in [0.717, 1.165) is 11.3 Å². The van der Waals surface area contributed by atoms with Gasteiger partial charge >= 0.3 is 0 Å². The van der Waals surface area contributed by atoms with E-state index in [1.165, 1.54) is 70.9 Å². The lowest BCUT2D eigenvalue weighted by molar-refractivity contribution is 1.21. The Kier molecular flexibility index (Phi) is 5.23. The van der Waals surface area contributed by atoms with Gasteiger partial charge in [-0.15, -0.1) is 0 Å². The van der Waals surface area contributed by atoms with E-state index in [1.54, 1.807) is 0 Å². The quantitative estimate of drug-likeness (QED) is 0.202. The standard InChI is InChI=1S/C41H26N2/c1-2-10-32-30(9-1)26-40(35-12-4-3-11-34(32)35)43-39-15-6-5-13-36(39)37-23-21-31-25-29(20-22-33(31)41(37)43)27-16-18-28(19-17-27)38-14-7-8-24-42-38/h1-26H. The molecule has 0 unspecified atom stereocenters. The largest absolute Gasteiger partial charge is 0.308 e. The third-order valence-electron chi connectivity index (χ3n) is 8.82. The Morgan fingerprint density at radius 2 is 1.05 bits per heavy atom. The minimum Gasteiger partial charge on any atom is -0.308 e. The Hall–Kier alpha value is -5.73. The summed E-state index contributed by atoms with van der Waals surface area (Å²) >= 11 is 0. The van der Waals surface area contributed by atoms with Gasteiger partial charge in [-0.05, 0) is 63.0 Å². The van der Waals surface area contributed by atoms with E-state index in [9.17, 15) is 0 Å². The van der Waals surface area contributed by atoms with Gasteiger partial charge < -0.3 is 4.57 Å². The summed E-state index contributed by atoms with van der Waals surface area (Å²) in [5.41, 5.74) is 8.20. The van der Waals surface area contributed by atoms with Crippen molar-refractivity contribution in [1.29, 1.82) is 0 Å². The van der Waals surface area contributed by atoms with Crippen molar-refractivity contribution in [3.8, 4) is 28.1 Å². The van der Waals surface area contributed by atoms with E-state index >= 15 is 0 Å². The predicted octanol–water partition coefficient (Wildman–Crippen LogP) is 11.0. The van der Waals surface area contributed by atoms with E-state index in [-0.39, 0.29) is 0 Å². The molecule has 7 aromatic carbocycles. The molecule has 43 heavy (non-hydrogen) atoms. The number of para-hydroxylation sites is 1. The van der Waals surface area contributed by atoms with Gasteiger partial charge in [-0.25, -0.2) is 0 Å². The van der Waals surface area contributed by atoms with Crippen LogP contribution >= 0.6 is 0 Å². The van der Waals surface area contributed by atoms with Crippen LogP contribution in [0.5, 0.6) is 0 Å². The SMILES string of the molecule is c1ccc(-c2ccc(-c3ccc4c(ccc5c6ccccc6n(-c6cc7ccccc7c7ccccc67)c45)c3)cc2)nc1. The molecule has 0 aliphatic rings. The molecular weight excluding hydrogens is 520 g/mol. The summed E-state index contributed by atoms with van der Waals surface area (Å²) < 4.78 is 2.49. The summed E-state index contributed by atoms with van der Waals surface area (Å²) in [4.78, 5) is 4.51. The third kappa shape index (κ3) is 3.70. The van der Waals surface area contributed by atoms with Gasteiger partial charge in [0, 0.05) is 33.3 Å². The molecule has 0 spiro atoms. The summed E-state index contributed by atoms with van der Waals surface area (Å²) in [7, 11) is 0. The Balaban J connectivity index is 1.29. The van der Waals surface area contributed by atoms with Crippen LogP contribution in [0, 0.1) is 0 Å². The van der Waals surface area contributed by atoms with Gasteiger partial charge in [0.1, 0.15) is 0 Å². The highest BCUT2D eigenvalue weighted by atomic mass is 15.0. The molecule has 0 saturated carbocycles. The van der Waals surface area contributed by atoms with E-state index < -0.39 is 0 Å². The molecule has 0 bridgehead atoms. The topological polar surface area (TPSA) is 17.8 Å². The first kappa shape index (κ1) is 23.9. The molecule has 0 radical (unpaired) electrons. The van der Waals surface area contributed by atoms with Gasteiger partial charge in [-0.3, -0.25) is 4.98 Å². The van der Waals surface area contributed by atoms with Crippen LogP contribution in [-0.2, 0) is 0 Å². The van der Waals surface area contributed by atoms with Crippen LogP contribution in [0.2, 0.25) is 0 Å². The number of pyridine rings is 1. The van der Waals surface area contributed by atoms with Crippen LogP contribution < -0.4 is 0 Å². The van der Waals surface area contributed by atoms with Gasteiger partial charge in [-0.2, -0.15) is 0 Å². The third-order valence-corrected chi connectivity index (χ3v) is 8.82. The fraction of sp³-hybridized carbons (Fsp3) is 0. The minimum absolute atomic E-state index is 0.990. The van der Waals surface area contributed by atoms with Crippen molar-refractivity contribution >= 4 is 54.1 Å². The van der Waals surface area contributed by atoms with Crippen LogP contribution in [0.25, 0.3) is 82.2 Å². The Bertz CT molecular complexity index is 2490. The van der Waals surface area contributed by atoms with Crippen LogP contribution in [0.15, 0.2) is 158 Å². The fourth-order valence-electron chi connectivity index (χ4n) is 6.80. The molecule has 0 atom stereocenters. The van der Waals surface area contributed by atoms with Crippen molar-refractivity contribution < 1.29 is 0 Å². The van der Waals surface area contributed by atoms with E-state index in [1.807, 2.05) is 24.4 Å². The van der Waals surface area contributed by atoms with E-state index in [4.69, 9.17) is 0 Å². The number of fused-ring (bicyclic) bond motifs is 8. The second-order valence-electron chi connectivity index (χ2n) is 11.2. The molecule has 0 aliphatic carbocycles. The molecule has 2 heteroatoms. The van der Waals surface area contributed by atoms with E-state index in [0.29, 0.717) is 0 Å². The molecule has 0 aliphatic heterocycles. The number of hydrogen-bond donors (Lipinski definition) is 0. The lowest BCUT2D eigenvalue weighted by Crippen LogP contribution is -1.97. The van der Waals surface area contributed by atoms with Crippen LogP contribution in [0.3, 0.4) is 0 Å². The number of hydrogen-bond acceptors (Lipinski definition) is 1. The number of benzene rings is 7. The molecule has 2 nitrogen and oxygen atoms in total. The maximum atomic E-state index is 4.51. The highest BCUT2D eigenvalue weighted by Gasteiger charge is 2.18. The Morgan fingerprint density at radius 1 is 0.395 bits per heavy atom. The first-order valence-electron chi connectivity index (χ1n) is 14.7.